The smallest absolute Gasteiger partial charge is 0.416 e. The molecule has 2 aliphatic rings. The third-order valence-electron chi connectivity index (χ3n) is 7.16. The van der Waals surface area contributed by atoms with Crippen LogP contribution in [0.2, 0.25) is 0 Å². The van der Waals surface area contributed by atoms with Crippen LogP contribution < -0.4 is 10.6 Å². The Labute approximate surface area is 244 Å². The van der Waals surface area contributed by atoms with Crippen molar-refractivity contribution in [2.75, 3.05) is 6.54 Å². The van der Waals surface area contributed by atoms with Crippen LogP contribution in [0.4, 0.5) is 17.6 Å². The minimum Gasteiger partial charge on any atom is -0.456 e. The number of aryl methyl sites for hydroxylation is 1. The van der Waals surface area contributed by atoms with Crippen LogP contribution in [0.5, 0.6) is 0 Å². The van der Waals surface area contributed by atoms with Crippen molar-refractivity contribution in [1.29, 1.82) is 0 Å². The van der Waals surface area contributed by atoms with Crippen LogP contribution in [0.15, 0.2) is 18.2 Å². The van der Waals surface area contributed by atoms with Gasteiger partial charge in [-0.15, -0.1) is 22.7 Å². The van der Waals surface area contributed by atoms with E-state index in [9.17, 15) is 27.2 Å². The molecule has 11 heteroatoms. The summed E-state index contributed by atoms with van der Waals surface area (Å²) in [5.74, 6) is -1.69. The Bertz CT molecular complexity index is 1480. The Morgan fingerprint density at radius 2 is 1.76 bits per heavy atom. The third kappa shape index (κ3) is 6.67. The fourth-order valence-corrected chi connectivity index (χ4v) is 8.12. The van der Waals surface area contributed by atoms with E-state index in [0.29, 0.717) is 46.5 Å². The monoisotopic (exact) mass is 608 g/mol. The van der Waals surface area contributed by atoms with Gasteiger partial charge in [0.1, 0.15) is 11.4 Å². The van der Waals surface area contributed by atoms with E-state index < -0.39 is 29.1 Å². The summed E-state index contributed by atoms with van der Waals surface area (Å²) in [6.07, 6.45) is -0.397. The molecule has 1 aliphatic heterocycles. The molecule has 2 N–H and O–H groups in total. The average molecular weight is 609 g/mol. The molecule has 220 valence electrons. The van der Waals surface area contributed by atoms with Crippen LogP contribution in [0.1, 0.15) is 80.9 Å². The number of hydrogen-bond acceptors (Lipinski definition) is 6. The van der Waals surface area contributed by atoms with Crippen molar-refractivity contribution < 1.29 is 31.9 Å². The minimum atomic E-state index is -4.69. The molecule has 3 heterocycles. The number of ether oxygens (including phenoxy) is 1. The second kappa shape index (κ2) is 11.5. The normalized spacial score (nSPS) is 15.3. The van der Waals surface area contributed by atoms with Crippen LogP contribution >= 0.6 is 22.7 Å². The number of carbonyl (C=O) groups excluding carboxylic acids is 2. The lowest BCUT2D eigenvalue weighted by Gasteiger charge is -2.21. The van der Waals surface area contributed by atoms with E-state index in [1.165, 1.54) is 22.7 Å². The number of halogens is 4. The van der Waals surface area contributed by atoms with Crippen LogP contribution in [-0.2, 0) is 54.5 Å². The molecule has 0 atom stereocenters. The second-order valence-electron chi connectivity index (χ2n) is 11.4. The number of benzene rings is 1. The van der Waals surface area contributed by atoms with Gasteiger partial charge in [-0.25, -0.2) is 9.18 Å². The van der Waals surface area contributed by atoms with E-state index in [-0.39, 0.29) is 24.4 Å². The minimum absolute atomic E-state index is 0.00630. The largest absolute Gasteiger partial charge is 0.456 e. The van der Waals surface area contributed by atoms with Gasteiger partial charge in [-0.05, 0) is 99.9 Å². The quantitative estimate of drug-likeness (QED) is 0.234. The fourth-order valence-electron chi connectivity index (χ4n) is 5.41. The van der Waals surface area contributed by atoms with Crippen LogP contribution in [-0.4, -0.2) is 24.0 Å². The lowest BCUT2D eigenvalue weighted by molar-refractivity contribution is -0.137. The van der Waals surface area contributed by atoms with Crippen molar-refractivity contribution in [3.05, 3.63) is 66.5 Å². The van der Waals surface area contributed by atoms with Crippen LogP contribution in [0.25, 0.3) is 10.4 Å². The molecule has 0 unspecified atom stereocenters. The van der Waals surface area contributed by atoms with E-state index in [4.69, 9.17) is 4.74 Å². The molecule has 5 rings (SSSR count). The SMILES string of the molecule is CC(C)(C)OC(=O)c1c(CC(=O)NCc2c(-c3cc(F)cc(C(F)(F)F)c3)sc3c2CCNC3)sc2c1CCCC2. The summed E-state index contributed by atoms with van der Waals surface area (Å²) in [5, 5.41) is 6.19. The standard InChI is InChI=1S/C30H32F4N2O3S2/c1-29(2,3)39-28(38)26-20-6-4-5-7-22(20)40-23(26)13-25(37)36-14-21-19-8-9-35-15-24(19)41-27(21)16-10-17(30(32,33)34)12-18(31)11-16/h10-12,35H,4-9,13-15H2,1-3H3,(H,36,37). The topological polar surface area (TPSA) is 67.4 Å². The van der Waals surface area contributed by atoms with Gasteiger partial charge >= 0.3 is 12.1 Å². The summed E-state index contributed by atoms with van der Waals surface area (Å²) in [7, 11) is 0. The zero-order chi connectivity index (χ0) is 29.5. The number of nitrogens with one attached hydrogen (secondary N) is 2. The lowest BCUT2D eigenvalue weighted by atomic mass is 9.94. The molecule has 0 bridgehead atoms. The Morgan fingerprint density at radius 1 is 1.00 bits per heavy atom. The number of fused-ring (bicyclic) bond motifs is 2. The van der Waals surface area contributed by atoms with E-state index >= 15 is 0 Å². The molecule has 3 aromatic rings. The first-order valence-corrected chi connectivity index (χ1v) is 15.3. The first-order valence-electron chi connectivity index (χ1n) is 13.7. The van der Waals surface area contributed by atoms with Crippen molar-refractivity contribution in [1.82, 2.24) is 10.6 Å². The van der Waals surface area contributed by atoms with Gasteiger partial charge in [0.25, 0.3) is 0 Å². The Kier molecular flexibility index (Phi) is 8.33. The van der Waals surface area contributed by atoms with Gasteiger partial charge in [0.2, 0.25) is 5.91 Å². The van der Waals surface area contributed by atoms with E-state index in [2.05, 4.69) is 10.6 Å². The van der Waals surface area contributed by atoms with Crippen molar-refractivity contribution in [2.24, 2.45) is 0 Å². The number of hydrogen-bond donors (Lipinski definition) is 2. The number of esters is 1. The molecule has 1 amide bonds. The highest BCUT2D eigenvalue weighted by Gasteiger charge is 2.33. The van der Waals surface area contributed by atoms with Crippen LogP contribution in [0.3, 0.4) is 0 Å². The maximum Gasteiger partial charge on any atom is 0.416 e. The van der Waals surface area contributed by atoms with Gasteiger partial charge < -0.3 is 15.4 Å². The zero-order valence-corrected chi connectivity index (χ0v) is 24.8. The summed E-state index contributed by atoms with van der Waals surface area (Å²) in [6.45, 7) is 6.76. The first kappa shape index (κ1) is 29.7. The molecule has 5 nitrogen and oxygen atoms in total. The first-order chi connectivity index (χ1) is 19.3. The molecule has 0 fully saturated rings. The lowest BCUT2D eigenvalue weighted by Crippen LogP contribution is -2.28. The summed E-state index contributed by atoms with van der Waals surface area (Å²) < 4.78 is 60.4. The highest BCUT2D eigenvalue weighted by molar-refractivity contribution is 7.16. The van der Waals surface area contributed by atoms with Crippen molar-refractivity contribution in [3.8, 4) is 10.4 Å². The van der Waals surface area contributed by atoms with Crippen molar-refractivity contribution >= 4 is 34.6 Å². The van der Waals surface area contributed by atoms with Gasteiger partial charge in [-0.3, -0.25) is 4.79 Å². The Hall–Kier alpha value is -2.76. The van der Waals surface area contributed by atoms with Gasteiger partial charge in [0.05, 0.1) is 17.5 Å². The molecule has 2 aromatic heterocycles. The molecule has 41 heavy (non-hydrogen) atoms. The highest BCUT2D eigenvalue weighted by atomic mass is 32.1. The molecule has 0 radical (unpaired) electrons. The predicted molar refractivity (Wildman–Crippen MR) is 152 cm³/mol. The number of alkyl halides is 3. The summed E-state index contributed by atoms with van der Waals surface area (Å²) in [5.41, 5.74) is 1.56. The van der Waals surface area contributed by atoms with Gasteiger partial charge in [-0.2, -0.15) is 13.2 Å². The number of rotatable bonds is 6. The fraction of sp³-hybridized carbons (Fsp3) is 0.467. The van der Waals surface area contributed by atoms with Crippen molar-refractivity contribution in [2.45, 2.75) is 84.2 Å². The molecule has 0 saturated heterocycles. The van der Waals surface area contributed by atoms with Gasteiger partial charge in [0.15, 0.2) is 0 Å². The molecule has 0 spiro atoms. The van der Waals surface area contributed by atoms with E-state index in [1.807, 2.05) is 0 Å². The zero-order valence-electron chi connectivity index (χ0n) is 23.1. The average Bonchev–Trinajstić information content (AvgIpc) is 3.43. The van der Waals surface area contributed by atoms with E-state index in [1.54, 1.807) is 20.8 Å². The maximum absolute atomic E-state index is 14.3. The van der Waals surface area contributed by atoms with Gasteiger partial charge in [-0.1, -0.05) is 0 Å². The molecule has 1 aliphatic carbocycles. The second-order valence-corrected chi connectivity index (χ2v) is 13.7. The van der Waals surface area contributed by atoms with Crippen LogP contribution in [0, 0.1) is 5.82 Å². The molecular formula is C30H32F4N2O3S2. The Morgan fingerprint density at radius 3 is 2.49 bits per heavy atom. The highest BCUT2D eigenvalue weighted by Crippen LogP contribution is 2.41. The number of thiophene rings is 2. The summed E-state index contributed by atoms with van der Waals surface area (Å²) in [4.78, 5) is 29.7. The third-order valence-corrected chi connectivity index (χ3v) is 9.77. The summed E-state index contributed by atoms with van der Waals surface area (Å²) >= 11 is 2.80. The van der Waals surface area contributed by atoms with E-state index in [0.717, 1.165) is 58.7 Å². The maximum atomic E-state index is 14.3. The van der Waals surface area contributed by atoms with Crippen molar-refractivity contribution in [3.63, 3.8) is 0 Å². The molecule has 0 saturated carbocycles. The predicted octanol–water partition coefficient (Wildman–Crippen LogP) is 6.97. The molecule has 1 aromatic carbocycles. The number of carbonyl (C=O) groups is 2. The van der Waals surface area contributed by atoms with Gasteiger partial charge in [0, 0.05) is 32.6 Å². The Balaban J connectivity index is 1.41. The summed E-state index contributed by atoms with van der Waals surface area (Å²) in [6, 6.07) is 2.56. The number of amides is 1. The molecular weight excluding hydrogens is 576 g/mol.